The van der Waals surface area contributed by atoms with E-state index in [0.29, 0.717) is 21.8 Å². The van der Waals surface area contributed by atoms with Crippen molar-refractivity contribution in [3.63, 3.8) is 0 Å². The predicted molar refractivity (Wildman–Crippen MR) is 105 cm³/mol. The van der Waals surface area contributed by atoms with Gasteiger partial charge in [0.25, 0.3) is 0 Å². The van der Waals surface area contributed by atoms with Gasteiger partial charge in [-0.15, -0.1) is 0 Å². The van der Waals surface area contributed by atoms with Gasteiger partial charge in [0.15, 0.2) is 16.7 Å². The summed E-state index contributed by atoms with van der Waals surface area (Å²) in [5.41, 5.74) is 2.85. The predicted octanol–water partition coefficient (Wildman–Crippen LogP) is 7.00. The van der Waals surface area contributed by atoms with Crippen LogP contribution in [0.15, 0.2) is 69.5 Å². The van der Waals surface area contributed by atoms with Crippen molar-refractivity contribution in [1.29, 1.82) is 0 Å². The van der Waals surface area contributed by atoms with Crippen LogP contribution in [0.3, 0.4) is 0 Å². The summed E-state index contributed by atoms with van der Waals surface area (Å²) in [5, 5.41) is 16.3. The van der Waals surface area contributed by atoms with E-state index in [9.17, 15) is 5.11 Å². The molecule has 0 unspecified atom stereocenters. The normalized spacial score (nSPS) is 12.2. The van der Waals surface area contributed by atoms with Gasteiger partial charge in [-0.1, -0.05) is 29.8 Å². The summed E-state index contributed by atoms with van der Waals surface area (Å²) in [7, 11) is 0. The quantitative estimate of drug-likeness (QED) is 0.318. The van der Waals surface area contributed by atoms with Gasteiger partial charge in [-0.2, -0.15) is 0 Å². The average molecular weight is 359 g/mol. The Bertz CT molecular complexity index is 1500. The third-order valence-corrected chi connectivity index (χ3v) is 5.30. The van der Waals surface area contributed by atoms with E-state index >= 15 is 0 Å². The lowest BCUT2D eigenvalue weighted by Crippen LogP contribution is -1.73. The minimum absolute atomic E-state index is 0.238. The molecule has 0 aliphatic heterocycles. The minimum Gasteiger partial charge on any atom is -0.508 e. The second-order valence-corrected chi connectivity index (χ2v) is 6.93. The van der Waals surface area contributed by atoms with Crippen LogP contribution < -0.4 is 0 Å². The van der Waals surface area contributed by atoms with Gasteiger partial charge in [0.05, 0.1) is 5.02 Å². The highest BCUT2D eigenvalue weighted by Crippen LogP contribution is 2.41. The molecule has 0 fully saturated rings. The number of aromatic hydroxyl groups is 1. The Labute approximate surface area is 152 Å². The van der Waals surface area contributed by atoms with Gasteiger partial charge in [-0.05, 0) is 53.2 Å². The molecule has 6 rings (SSSR count). The molecule has 4 aromatic carbocycles. The van der Waals surface area contributed by atoms with Gasteiger partial charge in [0.2, 0.25) is 0 Å². The third-order valence-electron chi connectivity index (χ3n) is 5.00. The van der Waals surface area contributed by atoms with Gasteiger partial charge < -0.3 is 13.9 Å². The Morgan fingerprint density at radius 2 is 1.42 bits per heavy atom. The van der Waals surface area contributed by atoms with Crippen molar-refractivity contribution in [2.75, 3.05) is 0 Å². The number of halogens is 1. The molecule has 0 saturated heterocycles. The fourth-order valence-corrected chi connectivity index (χ4v) is 4.00. The van der Waals surface area contributed by atoms with E-state index in [1.54, 1.807) is 12.1 Å². The van der Waals surface area contributed by atoms with Crippen molar-refractivity contribution >= 4 is 66.3 Å². The van der Waals surface area contributed by atoms with Crippen molar-refractivity contribution in [2.24, 2.45) is 0 Å². The number of hydrogen-bond donors (Lipinski definition) is 1. The highest BCUT2D eigenvalue weighted by atomic mass is 35.5. The molecule has 0 saturated carbocycles. The van der Waals surface area contributed by atoms with Crippen LogP contribution in [0.25, 0.3) is 54.6 Å². The average Bonchev–Trinajstić information content (AvgIpc) is 3.18. The lowest BCUT2D eigenvalue weighted by molar-refractivity contribution is 0.476. The Morgan fingerprint density at radius 3 is 2.31 bits per heavy atom. The van der Waals surface area contributed by atoms with Gasteiger partial charge >= 0.3 is 0 Å². The van der Waals surface area contributed by atoms with Crippen molar-refractivity contribution < 1.29 is 13.9 Å². The molecular weight excluding hydrogens is 348 g/mol. The zero-order valence-corrected chi connectivity index (χ0v) is 14.2. The molecule has 4 heteroatoms. The van der Waals surface area contributed by atoms with Gasteiger partial charge in [-0.25, -0.2) is 0 Å². The first-order chi connectivity index (χ1) is 12.7. The number of furan rings is 2. The lowest BCUT2D eigenvalue weighted by Gasteiger charge is -1.98. The molecule has 0 bridgehead atoms. The summed E-state index contributed by atoms with van der Waals surface area (Å²) >= 11 is 6.30. The van der Waals surface area contributed by atoms with Crippen molar-refractivity contribution in [2.45, 2.75) is 0 Å². The second-order valence-electron chi connectivity index (χ2n) is 6.52. The molecular formula is C22H11ClO3. The number of phenolic OH excluding ortho intramolecular Hbond substituents is 1. The molecule has 0 amide bonds. The maximum atomic E-state index is 9.73. The number of fused-ring (bicyclic) bond motifs is 8. The lowest BCUT2D eigenvalue weighted by atomic mass is 10.0. The fourth-order valence-electron chi connectivity index (χ4n) is 3.79. The number of para-hydroxylation sites is 1. The summed E-state index contributed by atoms with van der Waals surface area (Å²) in [6.07, 6.45) is 0. The van der Waals surface area contributed by atoms with Gasteiger partial charge in [-0.3, -0.25) is 0 Å². The van der Waals surface area contributed by atoms with Crippen molar-refractivity contribution in [3.8, 4) is 5.75 Å². The van der Waals surface area contributed by atoms with E-state index in [4.69, 9.17) is 20.4 Å². The Morgan fingerprint density at radius 1 is 0.654 bits per heavy atom. The number of hydrogen-bond acceptors (Lipinski definition) is 3. The second kappa shape index (κ2) is 4.71. The van der Waals surface area contributed by atoms with Crippen molar-refractivity contribution in [1.82, 2.24) is 0 Å². The SMILES string of the molecule is Oc1ccc2cc3c(cc2c1)oc1c3ccc2c3cccc(Cl)c3oc21. The van der Waals surface area contributed by atoms with Crippen LogP contribution in [0.2, 0.25) is 5.02 Å². The summed E-state index contributed by atoms with van der Waals surface area (Å²) in [4.78, 5) is 0. The molecule has 2 heterocycles. The largest absolute Gasteiger partial charge is 0.508 e. The molecule has 0 spiro atoms. The maximum Gasteiger partial charge on any atom is 0.178 e. The van der Waals surface area contributed by atoms with Crippen LogP contribution in [-0.4, -0.2) is 5.11 Å². The molecule has 3 nitrogen and oxygen atoms in total. The zero-order chi connectivity index (χ0) is 17.4. The molecule has 2 aromatic heterocycles. The Hall–Kier alpha value is -3.17. The van der Waals surface area contributed by atoms with E-state index in [1.165, 1.54) is 0 Å². The fraction of sp³-hybridized carbons (Fsp3) is 0. The highest BCUT2D eigenvalue weighted by Gasteiger charge is 2.17. The van der Waals surface area contributed by atoms with Crippen LogP contribution in [0.4, 0.5) is 0 Å². The van der Waals surface area contributed by atoms with Crippen LogP contribution in [0.1, 0.15) is 0 Å². The highest BCUT2D eigenvalue weighted by molar-refractivity contribution is 6.36. The Balaban J connectivity index is 1.81. The summed E-state index contributed by atoms with van der Waals surface area (Å²) in [6, 6.07) is 19.2. The zero-order valence-electron chi connectivity index (χ0n) is 13.4. The minimum atomic E-state index is 0.238. The molecule has 124 valence electrons. The Kier molecular flexibility index (Phi) is 2.55. The standard InChI is InChI=1S/C22H11ClO3/c23-18-3-1-2-14-15-6-7-16-17-9-11-4-5-13(24)8-12(11)10-19(17)25-21(16)22(15)26-20(14)18/h1-10,24H. The summed E-state index contributed by atoms with van der Waals surface area (Å²) in [6.45, 7) is 0. The molecule has 0 atom stereocenters. The monoisotopic (exact) mass is 358 g/mol. The van der Waals surface area contributed by atoms with E-state index in [1.807, 2.05) is 30.3 Å². The maximum absolute atomic E-state index is 9.73. The molecule has 0 radical (unpaired) electrons. The van der Waals surface area contributed by atoms with E-state index < -0.39 is 0 Å². The first-order valence-electron chi connectivity index (χ1n) is 8.28. The van der Waals surface area contributed by atoms with Crippen LogP contribution in [0.5, 0.6) is 5.75 Å². The topological polar surface area (TPSA) is 46.5 Å². The van der Waals surface area contributed by atoms with Crippen LogP contribution in [-0.2, 0) is 0 Å². The van der Waals surface area contributed by atoms with E-state index in [2.05, 4.69) is 18.2 Å². The van der Waals surface area contributed by atoms with E-state index in [0.717, 1.165) is 37.9 Å². The molecule has 26 heavy (non-hydrogen) atoms. The number of phenols is 1. The van der Waals surface area contributed by atoms with E-state index in [-0.39, 0.29) is 5.75 Å². The molecule has 6 aromatic rings. The summed E-state index contributed by atoms with van der Waals surface area (Å²) < 4.78 is 12.2. The van der Waals surface area contributed by atoms with Crippen LogP contribution >= 0.6 is 11.6 Å². The molecule has 0 aliphatic carbocycles. The summed E-state index contributed by atoms with van der Waals surface area (Å²) in [5.74, 6) is 0.238. The number of rotatable bonds is 0. The molecule has 0 aliphatic rings. The first kappa shape index (κ1) is 14.0. The first-order valence-corrected chi connectivity index (χ1v) is 8.65. The van der Waals surface area contributed by atoms with Gasteiger partial charge in [0, 0.05) is 21.5 Å². The third kappa shape index (κ3) is 1.73. The van der Waals surface area contributed by atoms with Gasteiger partial charge in [0.1, 0.15) is 11.3 Å². The van der Waals surface area contributed by atoms with Crippen LogP contribution in [0, 0.1) is 0 Å². The van der Waals surface area contributed by atoms with Crippen molar-refractivity contribution in [3.05, 3.63) is 65.7 Å². The number of benzene rings is 4. The smallest absolute Gasteiger partial charge is 0.178 e. The molecule has 1 N–H and O–H groups in total.